The number of halogens is 1. The Morgan fingerprint density at radius 2 is 1.75 bits per heavy atom. The van der Waals surface area contributed by atoms with E-state index in [2.05, 4.69) is 32.1 Å². The molecule has 4 nitrogen and oxygen atoms in total. The maximum atomic E-state index is 9.91. The molecule has 3 fully saturated rings. The molecular formula is C23H27ClN2O2. The van der Waals surface area contributed by atoms with E-state index in [0.717, 1.165) is 24.8 Å². The van der Waals surface area contributed by atoms with Crippen LogP contribution in [0.3, 0.4) is 0 Å². The molecule has 1 saturated heterocycles. The van der Waals surface area contributed by atoms with E-state index in [1.54, 1.807) is 0 Å². The van der Waals surface area contributed by atoms with Crippen molar-refractivity contribution in [2.24, 2.45) is 35.0 Å². The van der Waals surface area contributed by atoms with Crippen LogP contribution in [0.4, 0.5) is 0 Å². The number of hydrogen-bond acceptors (Lipinski definition) is 4. The van der Waals surface area contributed by atoms with E-state index >= 15 is 0 Å². The number of rotatable bonds is 3. The second-order valence-electron chi connectivity index (χ2n) is 8.93. The van der Waals surface area contributed by atoms with Crippen molar-refractivity contribution < 1.29 is 9.47 Å². The van der Waals surface area contributed by atoms with Crippen LogP contribution in [-0.2, 0) is 15.9 Å². The predicted molar refractivity (Wildman–Crippen MR) is 106 cm³/mol. The molecule has 0 amide bonds. The van der Waals surface area contributed by atoms with E-state index in [1.165, 1.54) is 0 Å². The van der Waals surface area contributed by atoms with Crippen LogP contribution in [-0.4, -0.2) is 19.0 Å². The summed E-state index contributed by atoms with van der Waals surface area (Å²) in [5.74, 6) is -0.0251. The summed E-state index contributed by atoms with van der Waals surface area (Å²) in [6.07, 6.45) is 3.50. The largest absolute Gasteiger partial charge is 0.347 e. The average molecular weight is 399 g/mol. The van der Waals surface area contributed by atoms with Crippen LogP contribution in [0.25, 0.3) is 0 Å². The average Bonchev–Trinajstić information content (AvgIpc) is 3.16. The monoisotopic (exact) mass is 398 g/mol. The molecule has 5 unspecified atom stereocenters. The van der Waals surface area contributed by atoms with Gasteiger partial charge in [0.25, 0.3) is 0 Å². The van der Waals surface area contributed by atoms with E-state index in [4.69, 9.17) is 21.1 Å². The highest BCUT2D eigenvalue weighted by molar-refractivity contribution is 6.30. The fourth-order valence-corrected chi connectivity index (χ4v) is 6.73. The van der Waals surface area contributed by atoms with Gasteiger partial charge < -0.3 is 9.47 Å². The Morgan fingerprint density at radius 3 is 2.39 bits per heavy atom. The van der Waals surface area contributed by atoms with Crippen molar-refractivity contribution in [3.8, 4) is 12.1 Å². The lowest BCUT2D eigenvalue weighted by molar-refractivity contribution is -0.275. The van der Waals surface area contributed by atoms with Crippen LogP contribution in [0.2, 0.25) is 5.02 Å². The van der Waals surface area contributed by atoms with Gasteiger partial charge in [-0.15, -0.1) is 0 Å². The summed E-state index contributed by atoms with van der Waals surface area (Å²) in [6, 6.07) is 12.6. The molecule has 1 heterocycles. The van der Waals surface area contributed by atoms with Crippen LogP contribution in [0.15, 0.2) is 24.3 Å². The molecule has 5 heteroatoms. The minimum atomic E-state index is -0.640. The summed E-state index contributed by atoms with van der Waals surface area (Å²) in [7, 11) is 0. The smallest absolute Gasteiger partial charge is 0.173 e. The zero-order valence-electron chi connectivity index (χ0n) is 16.5. The molecule has 148 valence electrons. The van der Waals surface area contributed by atoms with Crippen molar-refractivity contribution in [3.05, 3.63) is 34.9 Å². The quantitative estimate of drug-likeness (QED) is 0.720. The number of ether oxygens (including phenoxy) is 2. The third-order valence-corrected chi connectivity index (χ3v) is 7.95. The molecule has 1 aromatic carbocycles. The molecule has 2 aliphatic carbocycles. The summed E-state index contributed by atoms with van der Waals surface area (Å²) in [5.41, 5.74) is 0.730. The van der Waals surface area contributed by atoms with Gasteiger partial charge in [-0.25, -0.2) is 0 Å². The molecular weight excluding hydrogens is 372 g/mol. The van der Waals surface area contributed by atoms with Gasteiger partial charge in [0.2, 0.25) is 0 Å². The Balaban J connectivity index is 1.75. The maximum Gasteiger partial charge on any atom is 0.173 e. The van der Waals surface area contributed by atoms with Gasteiger partial charge in [-0.05, 0) is 55.2 Å². The summed E-state index contributed by atoms with van der Waals surface area (Å²) >= 11 is 6.24. The number of benzene rings is 1. The van der Waals surface area contributed by atoms with Crippen LogP contribution >= 0.6 is 11.6 Å². The lowest BCUT2D eigenvalue weighted by Gasteiger charge is -2.59. The number of nitrogens with zero attached hydrogens (tertiary/aromatic N) is 2. The first-order valence-electron chi connectivity index (χ1n) is 10.3. The second-order valence-corrected chi connectivity index (χ2v) is 9.37. The molecule has 0 aromatic heterocycles. The summed E-state index contributed by atoms with van der Waals surface area (Å²) in [4.78, 5) is 0. The molecule has 1 aromatic rings. The van der Waals surface area contributed by atoms with E-state index in [0.29, 0.717) is 30.6 Å². The van der Waals surface area contributed by atoms with Gasteiger partial charge in [-0.3, -0.25) is 0 Å². The van der Waals surface area contributed by atoms with Crippen molar-refractivity contribution >= 4 is 11.6 Å². The zero-order valence-corrected chi connectivity index (χ0v) is 17.3. The molecule has 3 aliphatic rings. The van der Waals surface area contributed by atoms with Crippen LogP contribution < -0.4 is 0 Å². The predicted octanol–water partition coefficient (Wildman–Crippen LogP) is 4.98. The summed E-state index contributed by atoms with van der Waals surface area (Å²) in [6.45, 7) is 5.74. The van der Waals surface area contributed by atoms with Gasteiger partial charge in [-0.2, -0.15) is 10.5 Å². The lowest BCUT2D eigenvalue weighted by atomic mass is 9.46. The topological polar surface area (TPSA) is 66.0 Å². The van der Waals surface area contributed by atoms with Crippen molar-refractivity contribution in [1.29, 1.82) is 10.5 Å². The first-order chi connectivity index (χ1) is 13.5. The Hall–Kier alpha value is -1.59. The molecule has 5 atom stereocenters. The lowest BCUT2D eigenvalue weighted by Crippen LogP contribution is -2.60. The minimum absolute atomic E-state index is 0.219. The summed E-state index contributed by atoms with van der Waals surface area (Å²) in [5, 5.41) is 20.5. The van der Waals surface area contributed by atoms with Crippen LogP contribution in [0, 0.1) is 57.7 Å². The Bertz CT molecular complexity index is 805. The highest BCUT2D eigenvalue weighted by Gasteiger charge is 2.63. The van der Waals surface area contributed by atoms with Gasteiger partial charge in [0.05, 0.1) is 25.4 Å². The molecule has 2 saturated carbocycles. The van der Waals surface area contributed by atoms with E-state index in [1.807, 2.05) is 18.2 Å². The highest BCUT2D eigenvalue weighted by Crippen LogP contribution is 2.63. The van der Waals surface area contributed by atoms with Gasteiger partial charge in [0.15, 0.2) is 5.79 Å². The molecule has 2 bridgehead atoms. The molecule has 1 aliphatic heterocycles. The maximum absolute atomic E-state index is 9.91. The fourth-order valence-electron chi connectivity index (χ4n) is 6.52. The van der Waals surface area contributed by atoms with Gasteiger partial charge in [0.1, 0.15) is 5.92 Å². The number of fused-ring (bicyclic) bond motifs is 3. The standard InChI is InChI=1S/C23H27ClN2O2/c1-15-8-19-11-18(9-16(2)23(19)27-6-7-28-23)22(15,20(13-25)14-26)12-17-4-3-5-21(24)10-17/h3-5,10,15-16,18-20H,6-9,11-12H2,1-2H3. The van der Waals surface area contributed by atoms with Crippen molar-refractivity contribution in [2.75, 3.05) is 13.2 Å². The second kappa shape index (κ2) is 7.34. The first kappa shape index (κ1) is 19.7. The van der Waals surface area contributed by atoms with Gasteiger partial charge in [0, 0.05) is 22.3 Å². The molecule has 1 spiro atoms. The molecule has 4 rings (SSSR count). The highest BCUT2D eigenvalue weighted by atomic mass is 35.5. The molecule has 0 N–H and O–H groups in total. The molecule has 28 heavy (non-hydrogen) atoms. The Morgan fingerprint density at radius 1 is 1.07 bits per heavy atom. The van der Waals surface area contributed by atoms with Gasteiger partial charge in [-0.1, -0.05) is 37.6 Å². The van der Waals surface area contributed by atoms with Crippen molar-refractivity contribution in [2.45, 2.75) is 45.3 Å². The van der Waals surface area contributed by atoms with E-state index in [-0.39, 0.29) is 23.2 Å². The fraction of sp³-hybridized carbons (Fsp3) is 0.652. The Labute approximate surface area is 172 Å². The van der Waals surface area contributed by atoms with Crippen molar-refractivity contribution in [1.82, 2.24) is 0 Å². The number of hydrogen-bond donors (Lipinski definition) is 0. The number of nitriles is 2. The van der Waals surface area contributed by atoms with E-state index < -0.39 is 11.7 Å². The van der Waals surface area contributed by atoms with E-state index in [9.17, 15) is 10.5 Å². The normalized spacial score (nSPS) is 36.2. The van der Waals surface area contributed by atoms with Crippen LogP contribution in [0.5, 0.6) is 0 Å². The zero-order chi connectivity index (χ0) is 19.9. The first-order valence-corrected chi connectivity index (χ1v) is 10.7. The SMILES string of the molecule is CC1CC2CC(CC(C)C2(Cc2cccc(Cl)c2)C(C#N)C#N)C12OCCO2. The van der Waals surface area contributed by atoms with Crippen LogP contribution in [0.1, 0.15) is 38.7 Å². The summed E-state index contributed by atoms with van der Waals surface area (Å²) < 4.78 is 12.3. The third kappa shape index (κ3) is 2.86. The van der Waals surface area contributed by atoms with Gasteiger partial charge >= 0.3 is 0 Å². The Kier molecular flexibility index (Phi) is 5.17. The molecule has 0 radical (unpaired) electrons. The van der Waals surface area contributed by atoms with Crippen molar-refractivity contribution in [3.63, 3.8) is 0 Å². The third-order valence-electron chi connectivity index (χ3n) is 7.71. The minimum Gasteiger partial charge on any atom is -0.347 e.